The number of carboxylic acids is 1. The summed E-state index contributed by atoms with van der Waals surface area (Å²) in [7, 11) is 2.89. The predicted octanol–water partition coefficient (Wildman–Crippen LogP) is 2.75. The lowest BCUT2D eigenvalue weighted by atomic mass is 9.89. The minimum atomic E-state index is -1.01. The van der Waals surface area contributed by atoms with Crippen molar-refractivity contribution in [2.75, 3.05) is 20.8 Å². The van der Waals surface area contributed by atoms with Crippen LogP contribution in [0.4, 0.5) is 4.79 Å². The summed E-state index contributed by atoms with van der Waals surface area (Å²) in [5.41, 5.74) is 6.31. The number of Topliss-reactive ketones (excluding diaryl/α,β-unsaturated/α-hetero) is 1. The van der Waals surface area contributed by atoms with E-state index >= 15 is 0 Å². The number of hydrogen-bond donors (Lipinski definition) is 5. The Morgan fingerprint density at radius 1 is 1.11 bits per heavy atom. The second-order valence-corrected chi connectivity index (χ2v) is 11.4. The number of primary amides is 1. The van der Waals surface area contributed by atoms with E-state index in [1.54, 1.807) is 26.0 Å². The Balaban J connectivity index is 2.46. The van der Waals surface area contributed by atoms with Gasteiger partial charge in [-0.1, -0.05) is 37.6 Å². The van der Waals surface area contributed by atoms with Gasteiger partial charge >= 0.3 is 12.1 Å². The summed E-state index contributed by atoms with van der Waals surface area (Å²) in [5, 5.41) is 25.6. The zero-order valence-corrected chi connectivity index (χ0v) is 27.2. The molecule has 2 bridgehead atoms. The summed E-state index contributed by atoms with van der Waals surface area (Å²) in [5.74, 6) is -2.91. The molecule has 0 spiro atoms. The third kappa shape index (κ3) is 11.4. The maximum Gasteiger partial charge on any atom is 0.405 e. The molecule has 2 amide bonds. The Hall–Kier alpha value is -4.07. The molecule has 2 rings (SSSR count). The molecular formula is C33H47N3O10. The summed E-state index contributed by atoms with van der Waals surface area (Å²) in [4.78, 5) is 62.3. The van der Waals surface area contributed by atoms with Gasteiger partial charge in [0, 0.05) is 50.3 Å². The Morgan fingerprint density at radius 2 is 1.83 bits per heavy atom. The first-order valence-electron chi connectivity index (χ1n) is 15.3. The maximum atomic E-state index is 13.6. The van der Waals surface area contributed by atoms with E-state index in [1.165, 1.54) is 33.3 Å². The molecule has 0 fully saturated rings. The maximum absolute atomic E-state index is 13.6. The van der Waals surface area contributed by atoms with Crippen LogP contribution in [0.2, 0.25) is 0 Å². The van der Waals surface area contributed by atoms with Gasteiger partial charge in [-0.25, -0.2) is 4.79 Å². The fourth-order valence-corrected chi connectivity index (χ4v) is 5.32. The highest BCUT2D eigenvalue weighted by Gasteiger charge is 2.31. The first-order chi connectivity index (χ1) is 21.8. The molecule has 1 aliphatic carbocycles. The summed E-state index contributed by atoms with van der Waals surface area (Å²) < 4.78 is 16.5. The normalized spacial score (nSPS) is 28.3. The number of nitrogens with one attached hydrogen (secondary N) is 2. The molecule has 0 radical (unpaired) electrons. The number of methoxy groups -OCH3 is 2. The van der Waals surface area contributed by atoms with Gasteiger partial charge in [0.05, 0.1) is 23.6 Å². The van der Waals surface area contributed by atoms with Gasteiger partial charge in [-0.05, 0) is 51.5 Å². The number of carbonyl (C=O) groups is 5. The molecule has 0 saturated carbocycles. The van der Waals surface area contributed by atoms with Crippen molar-refractivity contribution in [3.05, 3.63) is 58.5 Å². The van der Waals surface area contributed by atoms with Crippen molar-refractivity contribution in [1.29, 1.82) is 0 Å². The van der Waals surface area contributed by atoms with Crippen LogP contribution >= 0.6 is 0 Å². The fourth-order valence-electron chi connectivity index (χ4n) is 5.32. The molecule has 0 aromatic heterocycles. The summed E-state index contributed by atoms with van der Waals surface area (Å²) in [6.07, 6.45) is 5.69. The molecule has 254 valence electrons. The van der Waals surface area contributed by atoms with Crippen LogP contribution in [-0.2, 0) is 33.4 Å². The SMILES string of the molecule is COC1CCCC2=C(NCCCCCC(=O)O)C(=O)C=C(NC(=O)/C(C)=C/C=C\[C@H](OC)C(OC(N)=O)/C(C)=C/[C@H](C)[C@@H]1O)C2=O. The molecule has 5 atom stereocenters. The minimum absolute atomic E-state index is 0.0516. The average molecular weight is 646 g/mol. The van der Waals surface area contributed by atoms with E-state index in [2.05, 4.69) is 10.6 Å². The lowest BCUT2D eigenvalue weighted by Gasteiger charge is -2.28. The van der Waals surface area contributed by atoms with Gasteiger partial charge in [0.15, 0.2) is 6.10 Å². The molecule has 46 heavy (non-hydrogen) atoms. The highest BCUT2D eigenvalue weighted by molar-refractivity contribution is 6.23. The Kier molecular flexibility index (Phi) is 15.6. The van der Waals surface area contributed by atoms with Gasteiger partial charge in [0.2, 0.25) is 11.6 Å². The summed E-state index contributed by atoms with van der Waals surface area (Å²) in [6, 6.07) is 0. The van der Waals surface area contributed by atoms with Crippen LogP contribution in [-0.4, -0.2) is 84.9 Å². The van der Waals surface area contributed by atoms with Crippen molar-refractivity contribution in [2.24, 2.45) is 11.7 Å². The molecule has 13 heteroatoms. The molecule has 1 heterocycles. The van der Waals surface area contributed by atoms with E-state index < -0.39 is 59.9 Å². The van der Waals surface area contributed by atoms with E-state index in [-0.39, 0.29) is 35.4 Å². The van der Waals surface area contributed by atoms with Gasteiger partial charge in [-0.15, -0.1) is 0 Å². The molecule has 0 saturated heterocycles. The van der Waals surface area contributed by atoms with Crippen molar-refractivity contribution >= 4 is 29.5 Å². The second kappa shape index (κ2) is 18.8. The number of aliphatic carboxylic acids is 1. The van der Waals surface area contributed by atoms with E-state index in [0.29, 0.717) is 44.2 Å². The van der Waals surface area contributed by atoms with Crippen LogP contribution in [0.15, 0.2) is 58.5 Å². The number of ether oxygens (including phenoxy) is 3. The highest BCUT2D eigenvalue weighted by Crippen LogP contribution is 2.26. The number of ketones is 2. The quantitative estimate of drug-likeness (QED) is 0.133. The summed E-state index contributed by atoms with van der Waals surface area (Å²) in [6.45, 7) is 5.39. The van der Waals surface area contributed by atoms with Crippen LogP contribution < -0.4 is 16.4 Å². The van der Waals surface area contributed by atoms with E-state index in [9.17, 15) is 29.1 Å². The molecular weight excluding hydrogens is 598 g/mol. The van der Waals surface area contributed by atoms with Crippen LogP contribution in [0.5, 0.6) is 0 Å². The van der Waals surface area contributed by atoms with Crippen molar-refractivity contribution in [1.82, 2.24) is 10.6 Å². The van der Waals surface area contributed by atoms with Gasteiger partial charge in [0.1, 0.15) is 6.10 Å². The van der Waals surface area contributed by atoms with Gasteiger partial charge in [-0.3, -0.25) is 19.2 Å². The highest BCUT2D eigenvalue weighted by atomic mass is 16.6. The van der Waals surface area contributed by atoms with Crippen molar-refractivity contribution in [3.63, 3.8) is 0 Å². The Labute approximate surface area is 269 Å². The van der Waals surface area contributed by atoms with Crippen LogP contribution in [0.25, 0.3) is 0 Å². The van der Waals surface area contributed by atoms with Gasteiger partial charge in [-0.2, -0.15) is 0 Å². The average Bonchev–Trinajstić information content (AvgIpc) is 3.00. The molecule has 6 N–H and O–H groups in total. The third-order valence-electron chi connectivity index (χ3n) is 7.89. The molecule has 13 nitrogen and oxygen atoms in total. The number of unbranched alkanes of at least 4 members (excludes halogenated alkanes) is 2. The van der Waals surface area contributed by atoms with E-state index in [0.717, 1.165) is 6.08 Å². The number of carboxylic acid groups (broad SMARTS) is 1. The lowest BCUT2D eigenvalue weighted by molar-refractivity contribution is -0.137. The molecule has 2 aliphatic rings. The first-order valence-corrected chi connectivity index (χ1v) is 15.3. The van der Waals surface area contributed by atoms with Crippen LogP contribution in [0, 0.1) is 5.92 Å². The topological polar surface area (TPSA) is 204 Å². The monoisotopic (exact) mass is 645 g/mol. The minimum Gasteiger partial charge on any atom is -0.481 e. The van der Waals surface area contributed by atoms with E-state index in [1.807, 2.05) is 0 Å². The number of allylic oxidation sites excluding steroid dienone is 4. The number of fused-ring (bicyclic) bond motifs is 2. The second-order valence-electron chi connectivity index (χ2n) is 11.4. The lowest BCUT2D eigenvalue weighted by Crippen LogP contribution is -2.37. The zero-order chi connectivity index (χ0) is 34.4. The van der Waals surface area contributed by atoms with Gasteiger partial charge in [0.25, 0.3) is 5.91 Å². The molecule has 0 aromatic carbocycles. The smallest absolute Gasteiger partial charge is 0.405 e. The molecule has 0 aromatic rings. The Morgan fingerprint density at radius 3 is 2.46 bits per heavy atom. The van der Waals surface area contributed by atoms with E-state index in [4.69, 9.17) is 25.1 Å². The summed E-state index contributed by atoms with van der Waals surface area (Å²) >= 11 is 0. The van der Waals surface area contributed by atoms with Crippen molar-refractivity contribution in [3.8, 4) is 0 Å². The van der Waals surface area contributed by atoms with Crippen LogP contribution in [0.3, 0.4) is 0 Å². The molecule has 1 aliphatic heterocycles. The number of amides is 2. The zero-order valence-electron chi connectivity index (χ0n) is 27.2. The number of hydrogen-bond acceptors (Lipinski definition) is 10. The number of carbonyl (C=O) groups excluding carboxylic acids is 4. The fraction of sp³-hybridized carbons (Fsp3) is 0.545. The standard InChI is InChI=1S/C33H47N3O10/c1-19-11-9-14-26(45-5)31(46-33(34)43)21(3)17-20(2)29(40)25(44-4)13-10-12-22-28(35-16-8-6-7-15-27(38)39)24(37)18-23(30(22)41)36-32(19)42/h9,11,14,17-18,20,25-26,29,31,35,40H,6-8,10,12-13,15-16H2,1-5H3,(H2,34,43)(H,36,42)(H,38,39)/b14-9-,19-11+,21-17+/t20-,25?,26-,29-,31?/m0/s1. The largest absolute Gasteiger partial charge is 0.481 e. The predicted molar refractivity (Wildman–Crippen MR) is 169 cm³/mol. The number of nitrogens with two attached hydrogens (primary N) is 1. The first kappa shape index (κ1) is 38.1. The molecule has 2 unspecified atom stereocenters. The van der Waals surface area contributed by atoms with Crippen LogP contribution in [0.1, 0.15) is 65.7 Å². The third-order valence-corrected chi connectivity index (χ3v) is 7.89. The number of aliphatic hydroxyl groups excluding tert-OH is 1. The van der Waals surface area contributed by atoms with Crippen molar-refractivity contribution < 1.29 is 48.4 Å². The van der Waals surface area contributed by atoms with Gasteiger partial charge < -0.3 is 40.8 Å². The Bertz CT molecular complexity index is 1300. The van der Waals surface area contributed by atoms with Crippen molar-refractivity contribution in [2.45, 2.75) is 90.1 Å². The number of aliphatic hydroxyl groups is 1. The number of rotatable bonds is 10.